The first kappa shape index (κ1) is 17.4. The Hall–Kier alpha value is -2.38. The second kappa shape index (κ2) is 7.67. The maximum absolute atomic E-state index is 12.2. The monoisotopic (exact) mass is 358 g/mol. The van der Waals surface area contributed by atoms with Crippen LogP contribution in [0.3, 0.4) is 0 Å². The van der Waals surface area contributed by atoms with Crippen molar-refractivity contribution in [3.8, 4) is 0 Å². The first-order valence-electron chi connectivity index (χ1n) is 8.26. The van der Waals surface area contributed by atoms with Gasteiger partial charge in [-0.1, -0.05) is 32.0 Å². The maximum atomic E-state index is 12.2. The number of carbonyl (C=O) groups is 1. The number of carbonyl (C=O) groups excluding carboxylic acids is 1. The molecule has 0 saturated heterocycles. The van der Waals surface area contributed by atoms with Crippen LogP contribution >= 0.6 is 11.3 Å². The molecule has 3 aromatic rings. The zero-order valence-electron chi connectivity index (χ0n) is 14.2. The SMILES string of the molecule is CC(C)c1cnc(NC(=O)NC(CO)Cc2c[nH]c3ccccc23)s1. The number of urea groups is 1. The van der Waals surface area contributed by atoms with Crippen molar-refractivity contribution in [1.29, 1.82) is 0 Å². The van der Waals surface area contributed by atoms with Crippen molar-refractivity contribution in [3.05, 3.63) is 47.1 Å². The number of nitrogens with one attached hydrogen (secondary N) is 3. The largest absolute Gasteiger partial charge is 0.394 e. The summed E-state index contributed by atoms with van der Waals surface area (Å²) in [6, 6.07) is 7.24. The molecule has 0 aliphatic heterocycles. The predicted octanol–water partition coefficient (Wildman–Crippen LogP) is 3.47. The van der Waals surface area contributed by atoms with E-state index in [2.05, 4.69) is 34.4 Å². The van der Waals surface area contributed by atoms with E-state index in [1.165, 1.54) is 11.3 Å². The summed E-state index contributed by atoms with van der Waals surface area (Å²) in [6.45, 7) is 4.03. The highest BCUT2D eigenvalue weighted by Crippen LogP contribution is 2.25. The van der Waals surface area contributed by atoms with Gasteiger partial charge in [-0.15, -0.1) is 11.3 Å². The van der Waals surface area contributed by atoms with Crippen LogP contribution in [0.25, 0.3) is 10.9 Å². The molecule has 0 fully saturated rings. The Morgan fingerprint density at radius 2 is 2.16 bits per heavy atom. The number of amides is 2. The summed E-state index contributed by atoms with van der Waals surface area (Å²) in [4.78, 5) is 20.7. The average Bonchev–Trinajstić information content (AvgIpc) is 3.22. The molecule has 1 aromatic carbocycles. The standard InChI is InChI=1S/C18H22N4O2S/c1-11(2)16-9-20-18(25-16)22-17(24)21-13(10-23)7-12-8-19-15-6-4-3-5-14(12)15/h3-6,8-9,11,13,19,23H,7,10H2,1-2H3,(H2,20,21,22,24). The Morgan fingerprint density at radius 1 is 1.36 bits per heavy atom. The molecule has 6 nitrogen and oxygen atoms in total. The molecule has 1 atom stereocenters. The van der Waals surface area contributed by atoms with Crippen LogP contribution in [0.15, 0.2) is 36.7 Å². The van der Waals surface area contributed by atoms with Gasteiger partial charge in [-0.3, -0.25) is 5.32 Å². The second-order valence-electron chi connectivity index (χ2n) is 6.26. The lowest BCUT2D eigenvalue weighted by atomic mass is 10.1. The lowest BCUT2D eigenvalue weighted by molar-refractivity contribution is 0.224. The highest BCUT2D eigenvalue weighted by atomic mass is 32.1. The molecule has 0 radical (unpaired) electrons. The van der Waals surface area contributed by atoms with Crippen LogP contribution in [0.5, 0.6) is 0 Å². The second-order valence-corrected chi connectivity index (χ2v) is 7.33. The minimum Gasteiger partial charge on any atom is -0.394 e. The fourth-order valence-electron chi connectivity index (χ4n) is 2.66. The van der Waals surface area contributed by atoms with Crippen molar-refractivity contribution < 1.29 is 9.90 Å². The molecule has 0 aliphatic rings. The van der Waals surface area contributed by atoms with Crippen LogP contribution < -0.4 is 10.6 Å². The smallest absolute Gasteiger partial charge is 0.321 e. The third-order valence-electron chi connectivity index (χ3n) is 4.01. The fraction of sp³-hybridized carbons (Fsp3) is 0.333. The minimum atomic E-state index is -0.372. The van der Waals surface area contributed by atoms with Gasteiger partial charge in [0, 0.05) is 28.2 Å². The molecule has 0 saturated carbocycles. The number of fused-ring (bicyclic) bond motifs is 1. The van der Waals surface area contributed by atoms with Gasteiger partial charge in [0.25, 0.3) is 0 Å². The molecule has 3 rings (SSSR count). The van der Waals surface area contributed by atoms with Crippen LogP contribution in [0.1, 0.15) is 30.2 Å². The van der Waals surface area contributed by atoms with E-state index in [1.54, 1.807) is 6.20 Å². The van der Waals surface area contributed by atoms with E-state index in [-0.39, 0.29) is 18.7 Å². The molecule has 7 heteroatoms. The molecule has 2 heterocycles. The quantitative estimate of drug-likeness (QED) is 0.544. The van der Waals surface area contributed by atoms with Gasteiger partial charge in [-0.2, -0.15) is 0 Å². The molecule has 2 aromatic heterocycles. The third kappa shape index (κ3) is 4.18. The van der Waals surface area contributed by atoms with Crippen molar-refractivity contribution in [2.45, 2.75) is 32.2 Å². The minimum absolute atomic E-state index is 0.137. The van der Waals surface area contributed by atoms with Gasteiger partial charge in [0.05, 0.1) is 12.6 Å². The van der Waals surface area contributed by atoms with Gasteiger partial charge in [-0.25, -0.2) is 9.78 Å². The van der Waals surface area contributed by atoms with E-state index in [0.29, 0.717) is 17.5 Å². The first-order chi connectivity index (χ1) is 12.1. The highest BCUT2D eigenvalue weighted by molar-refractivity contribution is 7.15. The van der Waals surface area contributed by atoms with E-state index in [4.69, 9.17) is 0 Å². The van der Waals surface area contributed by atoms with E-state index < -0.39 is 0 Å². The number of aliphatic hydroxyl groups excluding tert-OH is 1. The zero-order chi connectivity index (χ0) is 17.8. The van der Waals surface area contributed by atoms with Gasteiger partial charge in [0.2, 0.25) is 0 Å². The normalized spacial score (nSPS) is 12.5. The van der Waals surface area contributed by atoms with Gasteiger partial charge < -0.3 is 15.4 Å². The van der Waals surface area contributed by atoms with Crippen LogP contribution in [0.4, 0.5) is 9.93 Å². The number of aromatic nitrogens is 2. The van der Waals surface area contributed by atoms with Gasteiger partial charge in [-0.05, 0) is 24.0 Å². The molecule has 2 amide bonds. The van der Waals surface area contributed by atoms with Crippen molar-refractivity contribution in [1.82, 2.24) is 15.3 Å². The summed E-state index contributed by atoms with van der Waals surface area (Å²) in [5.41, 5.74) is 2.11. The summed E-state index contributed by atoms with van der Waals surface area (Å²) in [5, 5.41) is 16.8. The zero-order valence-corrected chi connectivity index (χ0v) is 15.1. The van der Waals surface area contributed by atoms with Gasteiger partial charge in [0.15, 0.2) is 5.13 Å². The molecular weight excluding hydrogens is 336 g/mol. The van der Waals surface area contributed by atoms with Crippen molar-refractivity contribution in [3.63, 3.8) is 0 Å². The Bertz CT molecular complexity index is 856. The number of aliphatic hydroxyl groups is 1. The molecule has 25 heavy (non-hydrogen) atoms. The maximum Gasteiger partial charge on any atom is 0.321 e. The van der Waals surface area contributed by atoms with Crippen molar-refractivity contribution in [2.75, 3.05) is 11.9 Å². The number of hydrogen-bond acceptors (Lipinski definition) is 4. The van der Waals surface area contributed by atoms with Crippen LogP contribution in [0, 0.1) is 0 Å². The molecule has 4 N–H and O–H groups in total. The first-order valence-corrected chi connectivity index (χ1v) is 9.07. The summed E-state index contributed by atoms with van der Waals surface area (Å²) in [7, 11) is 0. The van der Waals surface area contributed by atoms with Gasteiger partial charge in [0.1, 0.15) is 0 Å². The lowest BCUT2D eigenvalue weighted by Crippen LogP contribution is -2.41. The third-order valence-corrected chi connectivity index (χ3v) is 5.22. The summed E-state index contributed by atoms with van der Waals surface area (Å²) in [5.74, 6) is 0.378. The number of thiazole rings is 1. The molecule has 0 aliphatic carbocycles. The Balaban J connectivity index is 1.62. The summed E-state index contributed by atoms with van der Waals surface area (Å²) in [6.07, 6.45) is 4.24. The number of aromatic amines is 1. The summed E-state index contributed by atoms with van der Waals surface area (Å²) >= 11 is 1.46. The van der Waals surface area contributed by atoms with Crippen molar-refractivity contribution in [2.24, 2.45) is 0 Å². The average molecular weight is 358 g/mol. The topological polar surface area (TPSA) is 90.0 Å². The number of nitrogens with zero attached hydrogens (tertiary/aromatic N) is 1. The van der Waals surface area contributed by atoms with E-state index in [1.807, 2.05) is 30.5 Å². The molecular formula is C18H22N4O2S. The molecule has 0 bridgehead atoms. The number of benzene rings is 1. The molecule has 1 unspecified atom stereocenters. The fourth-order valence-corrected chi connectivity index (χ4v) is 3.47. The van der Waals surface area contributed by atoms with E-state index in [0.717, 1.165) is 21.3 Å². The van der Waals surface area contributed by atoms with E-state index in [9.17, 15) is 9.90 Å². The highest BCUT2D eigenvalue weighted by Gasteiger charge is 2.16. The van der Waals surface area contributed by atoms with E-state index >= 15 is 0 Å². The van der Waals surface area contributed by atoms with Gasteiger partial charge >= 0.3 is 6.03 Å². The molecule has 0 spiro atoms. The number of rotatable bonds is 6. The number of para-hydroxylation sites is 1. The lowest BCUT2D eigenvalue weighted by Gasteiger charge is -2.16. The van der Waals surface area contributed by atoms with Crippen LogP contribution in [0.2, 0.25) is 0 Å². The Morgan fingerprint density at radius 3 is 2.88 bits per heavy atom. The van der Waals surface area contributed by atoms with Crippen molar-refractivity contribution >= 4 is 33.4 Å². The Labute approximate surface area is 150 Å². The van der Waals surface area contributed by atoms with Crippen LogP contribution in [-0.2, 0) is 6.42 Å². The number of H-pyrrole nitrogens is 1. The number of anilines is 1. The Kier molecular flexibility index (Phi) is 5.35. The predicted molar refractivity (Wildman–Crippen MR) is 101 cm³/mol. The molecule has 132 valence electrons. The number of hydrogen-bond donors (Lipinski definition) is 4. The summed E-state index contributed by atoms with van der Waals surface area (Å²) < 4.78 is 0. The van der Waals surface area contributed by atoms with Crippen LogP contribution in [-0.4, -0.2) is 33.8 Å².